The van der Waals surface area contributed by atoms with E-state index >= 15 is 0 Å². The topological polar surface area (TPSA) is 24.9 Å². The molecule has 0 radical (unpaired) electrons. The Balaban J connectivity index is 2.06. The van der Waals surface area contributed by atoms with Crippen LogP contribution in [-0.2, 0) is 12.0 Å². The van der Waals surface area contributed by atoms with Crippen LogP contribution in [0.25, 0.3) is 0 Å². The summed E-state index contributed by atoms with van der Waals surface area (Å²) in [4.78, 5) is 4.43. The van der Waals surface area contributed by atoms with Gasteiger partial charge in [0.05, 0.1) is 5.54 Å². The zero-order chi connectivity index (χ0) is 12.1. The first-order valence-electron chi connectivity index (χ1n) is 5.87. The molecule has 3 heteroatoms. The van der Waals surface area contributed by atoms with Crippen molar-refractivity contribution in [2.24, 2.45) is 0 Å². The summed E-state index contributed by atoms with van der Waals surface area (Å²) in [5, 5.41) is 6.60. The van der Waals surface area contributed by atoms with E-state index in [9.17, 15) is 0 Å². The fourth-order valence-electron chi connectivity index (χ4n) is 1.87. The lowest BCUT2D eigenvalue weighted by molar-refractivity contribution is 0.368. The van der Waals surface area contributed by atoms with Gasteiger partial charge in [-0.15, -0.1) is 11.3 Å². The molecule has 0 saturated carbocycles. The fourth-order valence-corrected chi connectivity index (χ4v) is 2.71. The molecule has 0 fully saturated rings. The average Bonchev–Trinajstić information content (AvgIpc) is 2.92. The van der Waals surface area contributed by atoms with Crippen LogP contribution in [-0.4, -0.2) is 12.0 Å². The number of aromatic nitrogens is 1. The summed E-state index contributed by atoms with van der Waals surface area (Å²) in [5.41, 5.74) is 1.36. The van der Waals surface area contributed by atoms with Crippen molar-refractivity contribution in [3.8, 4) is 0 Å². The molecular formula is C14H18N2S. The van der Waals surface area contributed by atoms with Crippen molar-refractivity contribution in [3.63, 3.8) is 0 Å². The normalized spacial score (nSPS) is 14.5. The van der Waals surface area contributed by atoms with Crippen LogP contribution in [0, 0.1) is 0 Å². The lowest BCUT2D eigenvalue weighted by atomic mass is 9.94. The Morgan fingerprint density at radius 3 is 2.65 bits per heavy atom. The molecule has 0 aliphatic carbocycles. The first-order chi connectivity index (χ1) is 8.24. The Morgan fingerprint density at radius 2 is 2.06 bits per heavy atom. The van der Waals surface area contributed by atoms with E-state index in [0.717, 1.165) is 17.8 Å². The van der Waals surface area contributed by atoms with Crippen LogP contribution in [0.5, 0.6) is 0 Å². The van der Waals surface area contributed by atoms with Gasteiger partial charge < -0.3 is 5.32 Å². The molecular weight excluding hydrogens is 228 g/mol. The molecule has 2 rings (SSSR count). The molecule has 2 nitrogen and oxygen atoms in total. The van der Waals surface area contributed by atoms with Crippen molar-refractivity contribution in [3.05, 3.63) is 52.5 Å². The predicted molar refractivity (Wildman–Crippen MR) is 73.3 cm³/mol. The van der Waals surface area contributed by atoms with Crippen molar-refractivity contribution in [1.29, 1.82) is 0 Å². The van der Waals surface area contributed by atoms with Crippen LogP contribution in [0.1, 0.15) is 23.9 Å². The lowest BCUT2D eigenvalue weighted by Gasteiger charge is -2.27. The quantitative estimate of drug-likeness (QED) is 0.876. The van der Waals surface area contributed by atoms with Gasteiger partial charge in [-0.2, -0.15) is 0 Å². The monoisotopic (exact) mass is 246 g/mol. The highest BCUT2D eigenvalue weighted by Crippen LogP contribution is 2.27. The molecule has 1 aromatic carbocycles. The molecule has 2 aromatic rings. The zero-order valence-electron chi connectivity index (χ0n) is 10.3. The molecule has 1 heterocycles. The molecule has 1 N–H and O–H groups in total. The molecule has 0 amide bonds. The molecule has 1 aromatic heterocycles. The molecule has 0 spiro atoms. The van der Waals surface area contributed by atoms with E-state index < -0.39 is 0 Å². The molecule has 1 atom stereocenters. The maximum atomic E-state index is 4.43. The molecule has 0 aliphatic heterocycles. The zero-order valence-corrected chi connectivity index (χ0v) is 11.1. The van der Waals surface area contributed by atoms with Crippen LogP contribution in [0.3, 0.4) is 0 Å². The third-order valence-electron chi connectivity index (χ3n) is 3.21. The Labute approximate surface area is 107 Å². The van der Waals surface area contributed by atoms with E-state index in [4.69, 9.17) is 0 Å². The average molecular weight is 246 g/mol. The number of nitrogens with one attached hydrogen (secondary N) is 1. The van der Waals surface area contributed by atoms with Gasteiger partial charge in [0.25, 0.3) is 0 Å². The van der Waals surface area contributed by atoms with E-state index in [1.807, 2.05) is 18.6 Å². The van der Waals surface area contributed by atoms with E-state index in [-0.39, 0.29) is 5.54 Å². The number of aryl methyl sites for hydroxylation is 1. The Morgan fingerprint density at radius 1 is 1.29 bits per heavy atom. The van der Waals surface area contributed by atoms with Crippen LogP contribution >= 0.6 is 11.3 Å². The Kier molecular flexibility index (Phi) is 3.92. The fraction of sp³-hybridized carbons (Fsp3) is 0.357. The standard InChI is InChI=1S/C14H18N2S/c1-14(15-2,13-16-10-11-17-13)9-8-12-6-4-3-5-7-12/h3-7,10-11,15H,8-9H2,1-2H3. The second-order valence-corrected chi connectivity index (χ2v) is 5.30. The first kappa shape index (κ1) is 12.3. The SMILES string of the molecule is CNC(C)(CCc1ccccc1)c1nccs1. The van der Waals surface area contributed by atoms with E-state index in [2.05, 4.69) is 47.6 Å². The van der Waals surface area contributed by atoms with Gasteiger partial charge in [-0.05, 0) is 32.4 Å². The highest BCUT2D eigenvalue weighted by molar-refractivity contribution is 7.09. The predicted octanol–water partition coefficient (Wildman–Crippen LogP) is 3.21. The molecule has 90 valence electrons. The summed E-state index contributed by atoms with van der Waals surface area (Å²) in [7, 11) is 2.01. The van der Waals surface area contributed by atoms with Crippen LogP contribution in [0.15, 0.2) is 41.9 Å². The van der Waals surface area contributed by atoms with E-state index in [1.54, 1.807) is 11.3 Å². The highest BCUT2D eigenvalue weighted by atomic mass is 32.1. The van der Waals surface area contributed by atoms with Gasteiger partial charge in [0, 0.05) is 11.6 Å². The smallest absolute Gasteiger partial charge is 0.112 e. The molecule has 1 unspecified atom stereocenters. The Bertz CT molecular complexity index is 439. The van der Waals surface area contributed by atoms with E-state index in [0.29, 0.717) is 0 Å². The van der Waals surface area contributed by atoms with Crippen molar-refractivity contribution in [2.75, 3.05) is 7.05 Å². The summed E-state index contributed by atoms with van der Waals surface area (Å²) >= 11 is 1.72. The summed E-state index contributed by atoms with van der Waals surface area (Å²) in [6.07, 6.45) is 4.00. The van der Waals surface area contributed by atoms with Crippen molar-refractivity contribution in [2.45, 2.75) is 25.3 Å². The van der Waals surface area contributed by atoms with Gasteiger partial charge in [0.1, 0.15) is 5.01 Å². The van der Waals surface area contributed by atoms with Gasteiger partial charge >= 0.3 is 0 Å². The third kappa shape index (κ3) is 2.93. The van der Waals surface area contributed by atoms with Crippen molar-refractivity contribution in [1.82, 2.24) is 10.3 Å². The number of rotatable bonds is 5. The van der Waals surface area contributed by atoms with Crippen LogP contribution in [0.4, 0.5) is 0 Å². The van der Waals surface area contributed by atoms with Gasteiger partial charge in [-0.25, -0.2) is 4.98 Å². The lowest BCUT2D eigenvalue weighted by Crippen LogP contribution is -2.37. The van der Waals surface area contributed by atoms with Gasteiger partial charge in [0.15, 0.2) is 0 Å². The molecule has 0 bridgehead atoms. The highest BCUT2D eigenvalue weighted by Gasteiger charge is 2.26. The van der Waals surface area contributed by atoms with Crippen molar-refractivity contribution < 1.29 is 0 Å². The summed E-state index contributed by atoms with van der Waals surface area (Å²) in [5.74, 6) is 0. The second kappa shape index (κ2) is 5.43. The number of hydrogen-bond acceptors (Lipinski definition) is 3. The molecule has 17 heavy (non-hydrogen) atoms. The number of thiazole rings is 1. The minimum atomic E-state index is -0.0238. The van der Waals surface area contributed by atoms with Gasteiger partial charge in [-0.1, -0.05) is 30.3 Å². The van der Waals surface area contributed by atoms with Crippen LogP contribution in [0.2, 0.25) is 0 Å². The number of benzene rings is 1. The van der Waals surface area contributed by atoms with Gasteiger partial charge in [0.2, 0.25) is 0 Å². The maximum Gasteiger partial charge on any atom is 0.112 e. The molecule has 0 saturated heterocycles. The molecule has 0 aliphatic rings. The first-order valence-corrected chi connectivity index (χ1v) is 6.75. The third-order valence-corrected chi connectivity index (χ3v) is 4.25. The largest absolute Gasteiger partial charge is 0.309 e. The minimum Gasteiger partial charge on any atom is -0.309 e. The van der Waals surface area contributed by atoms with Gasteiger partial charge in [-0.3, -0.25) is 0 Å². The Hall–Kier alpha value is -1.19. The van der Waals surface area contributed by atoms with E-state index in [1.165, 1.54) is 5.56 Å². The summed E-state index contributed by atoms with van der Waals surface area (Å²) < 4.78 is 0. The maximum absolute atomic E-state index is 4.43. The van der Waals surface area contributed by atoms with Crippen LogP contribution < -0.4 is 5.32 Å². The second-order valence-electron chi connectivity index (χ2n) is 4.40. The van der Waals surface area contributed by atoms with Crippen molar-refractivity contribution >= 4 is 11.3 Å². The minimum absolute atomic E-state index is 0.0238. The number of nitrogens with zero attached hydrogens (tertiary/aromatic N) is 1. The summed E-state index contributed by atoms with van der Waals surface area (Å²) in [6, 6.07) is 10.6. The summed E-state index contributed by atoms with van der Waals surface area (Å²) in [6.45, 7) is 2.22. The number of hydrogen-bond donors (Lipinski definition) is 1.